The van der Waals surface area contributed by atoms with Crippen molar-refractivity contribution in [2.75, 3.05) is 20.3 Å². The minimum atomic E-state index is -0.804. The van der Waals surface area contributed by atoms with Crippen LogP contribution in [0.5, 0.6) is 0 Å². The lowest BCUT2D eigenvalue weighted by Gasteiger charge is -2.18. The lowest BCUT2D eigenvalue weighted by Crippen LogP contribution is -2.49. The molecule has 1 atom stereocenters. The highest BCUT2D eigenvalue weighted by Gasteiger charge is 2.21. The van der Waals surface area contributed by atoms with Gasteiger partial charge in [-0.25, -0.2) is 4.79 Å². The van der Waals surface area contributed by atoms with E-state index >= 15 is 0 Å². The summed E-state index contributed by atoms with van der Waals surface area (Å²) in [6.45, 7) is 0.642. The van der Waals surface area contributed by atoms with Gasteiger partial charge in [0.2, 0.25) is 5.91 Å². The molecule has 2 amide bonds. The molecular formula is C19H24N2O4. The highest BCUT2D eigenvalue weighted by Crippen LogP contribution is 2.08. The third-order valence-corrected chi connectivity index (χ3v) is 3.69. The van der Waals surface area contributed by atoms with E-state index in [4.69, 9.17) is 9.47 Å². The van der Waals surface area contributed by atoms with E-state index in [2.05, 4.69) is 22.8 Å². The maximum absolute atomic E-state index is 12.3. The zero-order valence-corrected chi connectivity index (χ0v) is 14.4. The van der Waals surface area contributed by atoms with Crippen LogP contribution in [-0.2, 0) is 20.9 Å². The Morgan fingerprint density at radius 3 is 2.68 bits per heavy atom. The number of hydrogen-bond acceptors (Lipinski definition) is 4. The molecule has 0 unspecified atom stereocenters. The quantitative estimate of drug-likeness (QED) is 0.759. The molecule has 0 fully saturated rings. The van der Waals surface area contributed by atoms with Gasteiger partial charge in [0.25, 0.3) is 0 Å². The number of nitrogens with one attached hydrogen (secondary N) is 2. The Bertz CT molecular complexity index is 626. The van der Waals surface area contributed by atoms with Gasteiger partial charge in [-0.2, -0.15) is 0 Å². The van der Waals surface area contributed by atoms with Gasteiger partial charge >= 0.3 is 6.09 Å². The first kappa shape index (κ1) is 18.7. The number of carbonyl (C=O) groups is 2. The molecule has 1 aromatic rings. The fraction of sp³-hybridized carbons (Fsp3) is 0.368. The number of alkyl carbamates (subject to hydrolysis) is 1. The Labute approximate surface area is 147 Å². The highest BCUT2D eigenvalue weighted by molar-refractivity contribution is 5.86. The van der Waals surface area contributed by atoms with Crippen molar-refractivity contribution in [1.29, 1.82) is 0 Å². The van der Waals surface area contributed by atoms with Crippen LogP contribution in [-0.4, -0.2) is 38.3 Å². The molecule has 0 aliphatic heterocycles. The van der Waals surface area contributed by atoms with Gasteiger partial charge in [0.1, 0.15) is 12.6 Å². The van der Waals surface area contributed by atoms with Crippen molar-refractivity contribution in [1.82, 2.24) is 10.6 Å². The number of allylic oxidation sites excluding steroid dienone is 2. The van der Waals surface area contributed by atoms with Crippen molar-refractivity contribution >= 4 is 12.0 Å². The van der Waals surface area contributed by atoms with Crippen LogP contribution in [0, 0.1) is 0 Å². The Kier molecular flexibility index (Phi) is 7.72. The summed E-state index contributed by atoms with van der Waals surface area (Å²) in [5.74, 6) is -0.307. The molecule has 6 nitrogen and oxygen atoms in total. The Balaban J connectivity index is 1.79. The molecule has 1 aromatic carbocycles. The average molecular weight is 344 g/mol. The van der Waals surface area contributed by atoms with E-state index in [-0.39, 0.29) is 19.1 Å². The predicted octanol–water partition coefficient (Wildman–Crippen LogP) is 2.32. The van der Waals surface area contributed by atoms with Crippen molar-refractivity contribution in [2.45, 2.75) is 25.5 Å². The van der Waals surface area contributed by atoms with E-state index in [1.165, 1.54) is 7.11 Å². The number of amides is 2. The van der Waals surface area contributed by atoms with E-state index in [1.54, 1.807) is 0 Å². The number of hydrogen-bond donors (Lipinski definition) is 2. The third-order valence-electron chi connectivity index (χ3n) is 3.69. The molecule has 0 aromatic heterocycles. The molecule has 0 saturated heterocycles. The summed E-state index contributed by atoms with van der Waals surface area (Å²) in [5, 5.41) is 5.35. The molecule has 0 radical (unpaired) electrons. The summed E-state index contributed by atoms with van der Waals surface area (Å²) in [6.07, 6.45) is 7.51. The zero-order chi connectivity index (χ0) is 17.9. The Morgan fingerprint density at radius 2 is 2.00 bits per heavy atom. The molecule has 134 valence electrons. The van der Waals surface area contributed by atoms with Crippen LogP contribution in [0.25, 0.3) is 0 Å². The van der Waals surface area contributed by atoms with Crippen molar-refractivity contribution < 1.29 is 19.1 Å². The largest absolute Gasteiger partial charge is 0.445 e. The van der Waals surface area contributed by atoms with E-state index in [0.717, 1.165) is 24.0 Å². The number of rotatable bonds is 8. The van der Waals surface area contributed by atoms with Gasteiger partial charge in [0, 0.05) is 13.7 Å². The van der Waals surface area contributed by atoms with Crippen molar-refractivity contribution in [3.63, 3.8) is 0 Å². The van der Waals surface area contributed by atoms with Crippen LogP contribution >= 0.6 is 0 Å². The van der Waals surface area contributed by atoms with Crippen LogP contribution in [0.1, 0.15) is 18.4 Å². The summed E-state index contributed by atoms with van der Waals surface area (Å²) >= 11 is 0. The van der Waals surface area contributed by atoms with Crippen molar-refractivity contribution in [3.05, 3.63) is 59.7 Å². The standard InChI is InChI=1S/C19H24N2O4/c1-24-14-17(18(22)20-12-15-8-4-2-5-9-15)21-19(23)25-13-16-10-6-3-7-11-16/h3-4,6-11,17H,2,5,12-14H2,1H3,(H,20,22)(H,21,23)/t17-/m1/s1. The molecule has 0 bridgehead atoms. The molecule has 25 heavy (non-hydrogen) atoms. The lowest BCUT2D eigenvalue weighted by molar-refractivity contribution is -0.124. The van der Waals surface area contributed by atoms with E-state index in [0.29, 0.717) is 6.54 Å². The highest BCUT2D eigenvalue weighted by atomic mass is 16.5. The van der Waals surface area contributed by atoms with Crippen LogP contribution < -0.4 is 10.6 Å². The van der Waals surface area contributed by atoms with Crippen LogP contribution in [0.15, 0.2) is 54.1 Å². The Morgan fingerprint density at radius 1 is 1.20 bits per heavy atom. The average Bonchev–Trinajstić information content (AvgIpc) is 2.66. The van der Waals surface area contributed by atoms with Gasteiger partial charge in [0.15, 0.2) is 0 Å². The predicted molar refractivity (Wildman–Crippen MR) is 94.9 cm³/mol. The molecule has 0 heterocycles. The normalized spacial score (nSPS) is 14.4. The molecule has 0 saturated carbocycles. The summed E-state index contributed by atoms with van der Waals surface area (Å²) < 4.78 is 10.2. The van der Waals surface area contributed by atoms with E-state index in [1.807, 2.05) is 36.4 Å². The van der Waals surface area contributed by atoms with Gasteiger partial charge in [-0.05, 0) is 24.0 Å². The van der Waals surface area contributed by atoms with Gasteiger partial charge in [-0.15, -0.1) is 0 Å². The zero-order valence-electron chi connectivity index (χ0n) is 14.4. The number of carbonyl (C=O) groups excluding carboxylic acids is 2. The summed E-state index contributed by atoms with van der Waals surface area (Å²) in [4.78, 5) is 24.2. The Hall–Kier alpha value is -2.60. The fourth-order valence-corrected chi connectivity index (χ4v) is 2.37. The van der Waals surface area contributed by atoms with Gasteiger partial charge in [-0.1, -0.05) is 48.6 Å². The molecule has 0 spiro atoms. The summed E-state index contributed by atoms with van der Waals surface area (Å²) in [7, 11) is 1.48. The van der Waals surface area contributed by atoms with Crippen molar-refractivity contribution in [2.24, 2.45) is 0 Å². The molecule has 2 rings (SSSR count). The SMILES string of the molecule is COC[C@@H](NC(=O)OCc1ccccc1)C(=O)NCC1=CCCC=C1. The first-order chi connectivity index (χ1) is 12.2. The van der Waals surface area contributed by atoms with Gasteiger partial charge in [0.05, 0.1) is 6.61 Å². The monoisotopic (exact) mass is 344 g/mol. The molecule has 6 heteroatoms. The van der Waals surface area contributed by atoms with E-state index in [9.17, 15) is 9.59 Å². The minimum absolute atomic E-state index is 0.0706. The first-order valence-electron chi connectivity index (χ1n) is 8.28. The minimum Gasteiger partial charge on any atom is -0.445 e. The molecule has 1 aliphatic rings. The topological polar surface area (TPSA) is 76.7 Å². The maximum Gasteiger partial charge on any atom is 0.408 e. The summed E-state index contributed by atoms with van der Waals surface area (Å²) in [5.41, 5.74) is 1.93. The van der Waals surface area contributed by atoms with Crippen LogP contribution in [0.2, 0.25) is 0 Å². The number of benzene rings is 1. The smallest absolute Gasteiger partial charge is 0.408 e. The second-order valence-corrected chi connectivity index (χ2v) is 5.69. The van der Waals surface area contributed by atoms with Gasteiger partial charge < -0.3 is 20.1 Å². The van der Waals surface area contributed by atoms with Gasteiger partial charge in [-0.3, -0.25) is 4.79 Å². The fourth-order valence-electron chi connectivity index (χ4n) is 2.37. The van der Waals surface area contributed by atoms with Crippen LogP contribution in [0.3, 0.4) is 0 Å². The molecule has 1 aliphatic carbocycles. The number of ether oxygens (including phenoxy) is 2. The second-order valence-electron chi connectivity index (χ2n) is 5.69. The molecular weight excluding hydrogens is 320 g/mol. The van der Waals surface area contributed by atoms with Crippen molar-refractivity contribution in [3.8, 4) is 0 Å². The number of methoxy groups -OCH3 is 1. The van der Waals surface area contributed by atoms with E-state index < -0.39 is 12.1 Å². The maximum atomic E-state index is 12.3. The lowest BCUT2D eigenvalue weighted by atomic mass is 10.1. The second kappa shape index (κ2) is 10.3. The summed E-state index contributed by atoms with van der Waals surface area (Å²) in [6, 6.07) is 8.54. The molecule has 2 N–H and O–H groups in total. The third kappa shape index (κ3) is 6.81. The first-order valence-corrected chi connectivity index (χ1v) is 8.28. The van der Waals surface area contributed by atoms with Crippen LogP contribution in [0.4, 0.5) is 4.79 Å².